The lowest BCUT2D eigenvalue weighted by molar-refractivity contribution is -0.132. The number of para-hydroxylation sites is 1. The summed E-state index contributed by atoms with van der Waals surface area (Å²) in [6, 6.07) is 16.5. The Morgan fingerprint density at radius 3 is 2.30 bits per heavy atom. The van der Waals surface area contributed by atoms with E-state index in [2.05, 4.69) is 0 Å². The summed E-state index contributed by atoms with van der Waals surface area (Å²) in [4.78, 5) is 39.8. The molecule has 0 bridgehead atoms. The fraction of sp³-hybridized carbons (Fsp3) is 0.286. The molecule has 0 aliphatic carbocycles. The van der Waals surface area contributed by atoms with Gasteiger partial charge in [0.1, 0.15) is 6.54 Å². The number of hydrogen-bond donors (Lipinski definition) is 0. The molecule has 0 aliphatic rings. The molecule has 0 radical (unpaired) electrons. The minimum Gasteiger partial charge on any atom is -0.337 e. The second-order valence-corrected chi connectivity index (χ2v) is 6.53. The predicted molar refractivity (Wildman–Crippen MR) is 106 cm³/mol. The van der Waals surface area contributed by atoms with Crippen LogP contribution in [-0.2, 0) is 17.9 Å². The summed E-state index contributed by atoms with van der Waals surface area (Å²) in [6.45, 7) is 3.83. The Hall–Kier alpha value is -3.15. The molecule has 1 heterocycles. The van der Waals surface area contributed by atoms with Gasteiger partial charge in [0.25, 0.3) is 5.56 Å². The third kappa shape index (κ3) is 3.43. The van der Waals surface area contributed by atoms with Crippen molar-refractivity contribution in [1.29, 1.82) is 0 Å². The van der Waals surface area contributed by atoms with Crippen LogP contribution in [0, 0.1) is 0 Å². The Morgan fingerprint density at radius 1 is 1.00 bits per heavy atom. The lowest BCUT2D eigenvalue weighted by atomic mass is 10.1. The van der Waals surface area contributed by atoms with Crippen LogP contribution in [0.1, 0.15) is 25.5 Å². The van der Waals surface area contributed by atoms with Crippen molar-refractivity contribution in [2.75, 3.05) is 7.05 Å². The molecule has 0 N–H and O–H groups in total. The summed E-state index contributed by atoms with van der Waals surface area (Å²) in [5.74, 6) is -0.195. The van der Waals surface area contributed by atoms with Gasteiger partial charge < -0.3 is 4.90 Å². The minimum absolute atomic E-state index is 0.118. The molecule has 6 nitrogen and oxygen atoms in total. The van der Waals surface area contributed by atoms with E-state index in [1.165, 1.54) is 4.57 Å². The van der Waals surface area contributed by atoms with Crippen LogP contribution in [0.25, 0.3) is 10.9 Å². The monoisotopic (exact) mass is 365 g/mol. The van der Waals surface area contributed by atoms with Crippen LogP contribution in [0.3, 0.4) is 0 Å². The topological polar surface area (TPSA) is 64.3 Å². The molecule has 1 atom stereocenters. The molecular weight excluding hydrogens is 342 g/mol. The van der Waals surface area contributed by atoms with Crippen LogP contribution in [-0.4, -0.2) is 27.0 Å². The molecule has 0 fully saturated rings. The Balaban J connectivity index is 2.00. The predicted octanol–water partition coefficient (Wildman–Crippen LogP) is 2.40. The Labute approximate surface area is 157 Å². The van der Waals surface area contributed by atoms with E-state index in [0.717, 1.165) is 10.1 Å². The first-order valence-electron chi connectivity index (χ1n) is 8.98. The summed E-state index contributed by atoms with van der Waals surface area (Å²) in [6.07, 6.45) is 0. The highest BCUT2D eigenvalue weighted by Gasteiger charge is 2.20. The van der Waals surface area contributed by atoms with Gasteiger partial charge >= 0.3 is 5.69 Å². The highest BCUT2D eigenvalue weighted by atomic mass is 16.2. The number of rotatable bonds is 5. The Bertz CT molecular complexity index is 1080. The van der Waals surface area contributed by atoms with Gasteiger partial charge in [0.15, 0.2) is 0 Å². The van der Waals surface area contributed by atoms with Crippen LogP contribution in [0.15, 0.2) is 64.2 Å². The van der Waals surface area contributed by atoms with E-state index in [0.29, 0.717) is 10.9 Å². The molecule has 1 amide bonds. The van der Waals surface area contributed by atoms with E-state index in [4.69, 9.17) is 0 Å². The zero-order valence-electron chi connectivity index (χ0n) is 15.8. The largest absolute Gasteiger partial charge is 0.337 e. The maximum atomic E-state index is 12.9. The SMILES string of the molecule is CCn1c(=O)c2ccccc2n(CC(=O)N(C)[C@@H](C)c2ccccc2)c1=O. The second-order valence-electron chi connectivity index (χ2n) is 6.53. The Morgan fingerprint density at radius 2 is 1.63 bits per heavy atom. The first kappa shape index (κ1) is 18.6. The van der Waals surface area contributed by atoms with Crippen molar-refractivity contribution in [3.8, 4) is 0 Å². The first-order chi connectivity index (χ1) is 13.0. The third-order valence-corrected chi connectivity index (χ3v) is 5.00. The Kier molecular flexibility index (Phi) is 5.26. The fourth-order valence-electron chi connectivity index (χ4n) is 3.22. The molecule has 6 heteroatoms. The summed E-state index contributed by atoms with van der Waals surface area (Å²) >= 11 is 0. The van der Waals surface area contributed by atoms with E-state index >= 15 is 0 Å². The van der Waals surface area contributed by atoms with Crippen molar-refractivity contribution in [2.24, 2.45) is 0 Å². The number of benzene rings is 2. The smallest absolute Gasteiger partial charge is 0.331 e. The van der Waals surface area contributed by atoms with Gasteiger partial charge in [-0.3, -0.25) is 18.7 Å². The molecule has 0 saturated carbocycles. The molecule has 0 unspecified atom stereocenters. The minimum atomic E-state index is -0.463. The van der Waals surface area contributed by atoms with E-state index in [1.54, 1.807) is 43.1 Å². The van der Waals surface area contributed by atoms with Gasteiger partial charge in [-0.15, -0.1) is 0 Å². The number of amides is 1. The van der Waals surface area contributed by atoms with Crippen molar-refractivity contribution in [3.63, 3.8) is 0 Å². The summed E-state index contributed by atoms with van der Waals surface area (Å²) < 4.78 is 2.55. The second kappa shape index (κ2) is 7.61. The highest BCUT2D eigenvalue weighted by Crippen LogP contribution is 2.18. The zero-order chi connectivity index (χ0) is 19.6. The summed E-state index contributed by atoms with van der Waals surface area (Å²) in [5.41, 5.74) is 0.707. The zero-order valence-corrected chi connectivity index (χ0v) is 15.8. The number of aromatic nitrogens is 2. The molecule has 3 aromatic rings. The lowest BCUT2D eigenvalue weighted by Crippen LogP contribution is -2.43. The van der Waals surface area contributed by atoms with E-state index < -0.39 is 5.69 Å². The molecular formula is C21H23N3O3. The van der Waals surface area contributed by atoms with Gasteiger partial charge in [-0.05, 0) is 31.5 Å². The van der Waals surface area contributed by atoms with Crippen molar-refractivity contribution in [1.82, 2.24) is 14.0 Å². The summed E-state index contributed by atoms with van der Waals surface area (Å²) in [5, 5.41) is 0.436. The van der Waals surface area contributed by atoms with Gasteiger partial charge in [-0.2, -0.15) is 0 Å². The van der Waals surface area contributed by atoms with Crippen molar-refractivity contribution < 1.29 is 4.79 Å². The number of nitrogens with zero attached hydrogens (tertiary/aromatic N) is 3. The number of fused-ring (bicyclic) bond motifs is 1. The van der Waals surface area contributed by atoms with E-state index in [-0.39, 0.29) is 30.6 Å². The average molecular weight is 365 g/mol. The van der Waals surface area contributed by atoms with E-state index in [1.807, 2.05) is 37.3 Å². The van der Waals surface area contributed by atoms with Gasteiger partial charge in [0.2, 0.25) is 5.91 Å². The van der Waals surface area contributed by atoms with Crippen LogP contribution >= 0.6 is 0 Å². The molecule has 27 heavy (non-hydrogen) atoms. The van der Waals surface area contributed by atoms with Crippen molar-refractivity contribution in [3.05, 3.63) is 81.0 Å². The average Bonchev–Trinajstić information content (AvgIpc) is 2.71. The molecule has 3 rings (SSSR count). The van der Waals surface area contributed by atoms with Crippen LogP contribution in [0.2, 0.25) is 0 Å². The third-order valence-electron chi connectivity index (χ3n) is 5.00. The standard InChI is InChI=1S/C21H23N3O3/c1-4-23-20(26)17-12-8-9-13-18(17)24(21(23)27)14-19(25)22(3)15(2)16-10-6-5-7-11-16/h5-13,15H,4,14H2,1-3H3/t15-/m0/s1. The molecule has 0 aliphatic heterocycles. The number of carbonyl (C=O) groups excluding carboxylic acids is 1. The van der Waals surface area contributed by atoms with Crippen LogP contribution in [0.4, 0.5) is 0 Å². The maximum Gasteiger partial charge on any atom is 0.331 e. The number of carbonyl (C=O) groups is 1. The van der Waals surface area contributed by atoms with Crippen molar-refractivity contribution in [2.45, 2.75) is 33.0 Å². The first-order valence-corrected chi connectivity index (χ1v) is 8.98. The highest BCUT2D eigenvalue weighted by molar-refractivity contribution is 5.81. The normalized spacial score (nSPS) is 12.1. The number of hydrogen-bond acceptors (Lipinski definition) is 3. The van der Waals surface area contributed by atoms with Gasteiger partial charge in [0, 0.05) is 13.6 Å². The maximum absolute atomic E-state index is 12.9. The van der Waals surface area contributed by atoms with Gasteiger partial charge in [-0.1, -0.05) is 42.5 Å². The summed E-state index contributed by atoms with van der Waals surface area (Å²) in [7, 11) is 1.73. The van der Waals surface area contributed by atoms with Gasteiger partial charge in [0.05, 0.1) is 16.9 Å². The number of likely N-dealkylation sites (N-methyl/N-ethyl adjacent to an activating group) is 1. The molecule has 0 saturated heterocycles. The van der Waals surface area contributed by atoms with Crippen molar-refractivity contribution >= 4 is 16.8 Å². The molecule has 140 valence electrons. The van der Waals surface area contributed by atoms with Gasteiger partial charge in [-0.25, -0.2) is 4.79 Å². The fourth-order valence-corrected chi connectivity index (χ4v) is 3.22. The lowest BCUT2D eigenvalue weighted by Gasteiger charge is -2.26. The quantitative estimate of drug-likeness (QED) is 0.697. The molecule has 2 aromatic carbocycles. The van der Waals surface area contributed by atoms with Crippen LogP contribution in [0.5, 0.6) is 0 Å². The molecule has 0 spiro atoms. The molecule has 1 aromatic heterocycles. The van der Waals surface area contributed by atoms with Crippen LogP contribution < -0.4 is 11.2 Å². The van der Waals surface area contributed by atoms with E-state index in [9.17, 15) is 14.4 Å².